The molecule has 0 amide bonds. The largest absolute Gasteiger partial charge is 0.466 e. The molecule has 9 atom stereocenters. The first-order chi connectivity index (χ1) is 16.6. The first kappa shape index (κ1) is 26.7. The Bertz CT molecular complexity index is 950. The van der Waals surface area contributed by atoms with E-state index in [-0.39, 0.29) is 45.1 Å². The average molecular weight is 501 g/mol. The van der Waals surface area contributed by atoms with Crippen molar-refractivity contribution in [2.24, 2.45) is 50.2 Å². The molecule has 4 heteroatoms. The zero-order valence-corrected chi connectivity index (χ0v) is 24.2. The summed E-state index contributed by atoms with van der Waals surface area (Å²) in [5, 5.41) is 22.1. The number of fused-ring (bicyclic) bond motifs is 7. The van der Waals surface area contributed by atoms with Crippen molar-refractivity contribution < 1.29 is 19.7 Å². The second kappa shape index (κ2) is 8.07. The predicted octanol–water partition coefficient (Wildman–Crippen LogP) is 6.68. The van der Waals surface area contributed by atoms with Gasteiger partial charge < -0.3 is 14.9 Å². The van der Waals surface area contributed by atoms with Gasteiger partial charge >= 0.3 is 5.97 Å². The third kappa shape index (κ3) is 3.22. The van der Waals surface area contributed by atoms with Crippen LogP contribution in [0.5, 0.6) is 0 Å². The molecular weight excluding hydrogens is 448 g/mol. The van der Waals surface area contributed by atoms with Gasteiger partial charge in [-0.25, -0.2) is 0 Å². The monoisotopic (exact) mass is 500 g/mol. The molecule has 36 heavy (non-hydrogen) atoms. The molecule has 9 unspecified atom stereocenters. The normalized spacial score (nSPS) is 51.1. The number of hydrogen-bond acceptors (Lipinski definition) is 4. The van der Waals surface area contributed by atoms with Gasteiger partial charge in [0.2, 0.25) is 0 Å². The second-order valence-electron chi connectivity index (χ2n) is 15.5. The summed E-state index contributed by atoms with van der Waals surface area (Å²) >= 11 is 0. The number of hydrogen-bond donors (Lipinski definition) is 2. The van der Waals surface area contributed by atoms with Crippen LogP contribution in [0.1, 0.15) is 113 Å². The van der Waals surface area contributed by atoms with Gasteiger partial charge in [0, 0.05) is 0 Å². The van der Waals surface area contributed by atoms with E-state index in [2.05, 4.69) is 54.5 Å². The summed E-state index contributed by atoms with van der Waals surface area (Å²) in [6, 6.07) is 0. The maximum atomic E-state index is 13.6. The Kier molecular flexibility index (Phi) is 5.99. The molecule has 5 aliphatic rings. The summed E-state index contributed by atoms with van der Waals surface area (Å²) in [5.74, 6) is 1.18. The van der Waals surface area contributed by atoms with Gasteiger partial charge in [0.25, 0.3) is 0 Å². The molecule has 0 heterocycles. The number of ether oxygens (including phenoxy) is 1. The lowest BCUT2D eigenvalue weighted by molar-refractivity contribution is -0.210. The molecule has 0 radical (unpaired) electrons. The summed E-state index contributed by atoms with van der Waals surface area (Å²) < 4.78 is 5.72. The lowest BCUT2D eigenvalue weighted by Gasteiger charge is -2.71. The fraction of sp³-hybridized carbons (Fsp3) is 0.906. The Labute approximate surface area is 219 Å². The molecule has 5 rings (SSSR count). The van der Waals surface area contributed by atoms with Gasteiger partial charge in [-0.15, -0.1) is 0 Å². The quantitative estimate of drug-likeness (QED) is 0.328. The van der Waals surface area contributed by atoms with Crippen molar-refractivity contribution >= 4 is 5.97 Å². The molecule has 0 spiro atoms. The van der Waals surface area contributed by atoms with Crippen molar-refractivity contribution in [2.75, 3.05) is 6.61 Å². The van der Waals surface area contributed by atoms with Crippen molar-refractivity contribution in [2.45, 2.75) is 125 Å². The molecule has 4 nitrogen and oxygen atoms in total. The highest BCUT2D eigenvalue weighted by Crippen LogP contribution is 2.75. The molecule has 2 N–H and O–H groups in total. The number of carbonyl (C=O) groups excluding carboxylic acids is 1. The maximum Gasteiger partial charge on any atom is 0.312 e. The van der Waals surface area contributed by atoms with Gasteiger partial charge in [0.05, 0.1) is 24.2 Å². The number of carbonyl (C=O) groups is 1. The molecule has 0 aromatic carbocycles. The van der Waals surface area contributed by atoms with Crippen molar-refractivity contribution in [1.82, 2.24) is 0 Å². The Balaban J connectivity index is 1.60. The van der Waals surface area contributed by atoms with Crippen LogP contribution >= 0.6 is 0 Å². The maximum absolute atomic E-state index is 13.6. The topological polar surface area (TPSA) is 66.8 Å². The summed E-state index contributed by atoms with van der Waals surface area (Å²) in [4.78, 5) is 13.6. The fourth-order valence-corrected chi connectivity index (χ4v) is 10.9. The number of allylic oxidation sites excluding steroid dienone is 2. The van der Waals surface area contributed by atoms with Crippen molar-refractivity contribution in [3.8, 4) is 0 Å². The predicted molar refractivity (Wildman–Crippen MR) is 143 cm³/mol. The molecule has 0 aliphatic heterocycles. The number of esters is 1. The van der Waals surface area contributed by atoms with E-state index in [4.69, 9.17) is 4.74 Å². The molecule has 0 saturated heterocycles. The van der Waals surface area contributed by atoms with Crippen molar-refractivity contribution in [3.05, 3.63) is 11.6 Å². The Hall–Kier alpha value is -0.870. The van der Waals surface area contributed by atoms with Crippen LogP contribution in [0.15, 0.2) is 11.6 Å². The van der Waals surface area contributed by atoms with E-state index in [1.165, 1.54) is 18.4 Å². The van der Waals surface area contributed by atoms with E-state index in [0.717, 1.165) is 38.5 Å². The van der Waals surface area contributed by atoms with E-state index in [9.17, 15) is 15.0 Å². The molecule has 4 fully saturated rings. The smallest absolute Gasteiger partial charge is 0.312 e. The Morgan fingerprint density at radius 1 is 0.917 bits per heavy atom. The lowest BCUT2D eigenvalue weighted by atomic mass is 9.33. The van der Waals surface area contributed by atoms with Crippen LogP contribution in [0, 0.1) is 50.2 Å². The molecule has 0 aromatic heterocycles. The molecule has 4 saturated carbocycles. The minimum atomic E-state index is -0.600. The second-order valence-corrected chi connectivity index (χ2v) is 15.5. The van der Waals surface area contributed by atoms with Crippen LogP contribution in [-0.4, -0.2) is 35.0 Å². The van der Waals surface area contributed by atoms with Gasteiger partial charge in [-0.2, -0.15) is 0 Å². The SMILES string of the molecule is CCOC(=O)C12CCC3(C)C(=CCC4C5(C)CCC(O)C(C)(C)C5CCC43C)C1CC(C)(C)C(O)C2. The number of aliphatic hydroxyl groups is 2. The minimum absolute atomic E-state index is 0.0448. The summed E-state index contributed by atoms with van der Waals surface area (Å²) in [7, 11) is 0. The summed E-state index contributed by atoms with van der Waals surface area (Å²) in [5.41, 5.74) is 1.07. The Morgan fingerprint density at radius 3 is 2.28 bits per heavy atom. The highest BCUT2D eigenvalue weighted by molar-refractivity contribution is 5.79. The fourth-order valence-electron chi connectivity index (χ4n) is 10.9. The zero-order valence-electron chi connectivity index (χ0n) is 24.2. The molecule has 5 aliphatic carbocycles. The van der Waals surface area contributed by atoms with E-state index in [1.54, 1.807) is 0 Å². The van der Waals surface area contributed by atoms with Crippen LogP contribution in [0.3, 0.4) is 0 Å². The first-order valence-electron chi connectivity index (χ1n) is 14.8. The summed E-state index contributed by atoms with van der Waals surface area (Å²) in [6.07, 6.45) is 10.5. The highest BCUT2D eigenvalue weighted by atomic mass is 16.5. The lowest BCUT2D eigenvalue weighted by Crippen LogP contribution is -2.65. The van der Waals surface area contributed by atoms with Gasteiger partial charge in [-0.1, -0.05) is 60.1 Å². The van der Waals surface area contributed by atoms with Crippen LogP contribution in [0.2, 0.25) is 0 Å². The third-order valence-electron chi connectivity index (χ3n) is 13.5. The van der Waals surface area contributed by atoms with E-state index in [0.29, 0.717) is 24.9 Å². The van der Waals surface area contributed by atoms with Crippen LogP contribution in [0.25, 0.3) is 0 Å². The van der Waals surface area contributed by atoms with E-state index >= 15 is 0 Å². The highest BCUT2D eigenvalue weighted by Gasteiger charge is 2.70. The van der Waals surface area contributed by atoms with E-state index in [1.807, 2.05) is 6.92 Å². The first-order valence-corrected chi connectivity index (χ1v) is 14.8. The Morgan fingerprint density at radius 2 is 1.61 bits per heavy atom. The standard InChI is InChI=1S/C32H52O4/c1-9-36-26(35)32-17-16-30(7)20(21(32)18-27(2,3)25(34)19-32)10-11-23-29(6)14-13-24(33)28(4,5)22(29)12-15-31(23,30)8/h10,21-25,33-34H,9,11-19H2,1-8H3. The average Bonchev–Trinajstić information content (AvgIpc) is 2.78. The van der Waals surface area contributed by atoms with Crippen molar-refractivity contribution in [3.63, 3.8) is 0 Å². The third-order valence-corrected chi connectivity index (χ3v) is 13.5. The zero-order chi connectivity index (χ0) is 26.5. The molecule has 0 aromatic rings. The van der Waals surface area contributed by atoms with Crippen molar-refractivity contribution in [1.29, 1.82) is 0 Å². The van der Waals surface area contributed by atoms with Crippen LogP contribution < -0.4 is 0 Å². The van der Waals surface area contributed by atoms with Gasteiger partial charge in [-0.3, -0.25) is 4.79 Å². The molecule has 0 bridgehead atoms. The van der Waals surface area contributed by atoms with Gasteiger partial charge in [-0.05, 0) is 110 Å². The summed E-state index contributed by atoms with van der Waals surface area (Å²) in [6.45, 7) is 18.9. The van der Waals surface area contributed by atoms with Gasteiger partial charge in [0.1, 0.15) is 0 Å². The van der Waals surface area contributed by atoms with Crippen LogP contribution in [-0.2, 0) is 9.53 Å². The van der Waals surface area contributed by atoms with E-state index < -0.39 is 11.5 Å². The number of rotatable bonds is 2. The molecular formula is C32H52O4. The van der Waals surface area contributed by atoms with Gasteiger partial charge in [0.15, 0.2) is 0 Å². The number of aliphatic hydroxyl groups excluding tert-OH is 2. The molecule has 204 valence electrons. The minimum Gasteiger partial charge on any atom is -0.466 e. The van der Waals surface area contributed by atoms with Crippen LogP contribution in [0.4, 0.5) is 0 Å².